The number of nitrogens with one attached hydrogen (secondary N) is 3. The first-order valence-electron chi connectivity index (χ1n) is 17.3. The fourth-order valence-corrected chi connectivity index (χ4v) is 10.5. The Balaban J connectivity index is 1.71. The number of aromatic hydroxyl groups is 1. The molecule has 3 aromatic carbocycles. The molecule has 0 radical (unpaired) electrons. The van der Waals surface area contributed by atoms with Gasteiger partial charge in [-0.05, 0) is 54.4 Å². The van der Waals surface area contributed by atoms with Gasteiger partial charge in [-0.25, -0.2) is 21.0 Å². The molecule has 28 nitrogen and oxygen atoms in total. The van der Waals surface area contributed by atoms with E-state index in [1.54, 1.807) is 0 Å². The summed E-state index contributed by atoms with van der Waals surface area (Å²) in [6, 6.07) is 5.26. The van der Waals surface area contributed by atoms with E-state index in [-0.39, 0.29) is 41.7 Å². The number of rotatable bonds is 22. The van der Waals surface area contributed by atoms with Crippen molar-refractivity contribution in [2.24, 2.45) is 10.2 Å². The van der Waals surface area contributed by atoms with Gasteiger partial charge in [0.2, 0.25) is 23.1 Å². The van der Waals surface area contributed by atoms with Gasteiger partial charge in [0.1, 0.15) is 31.8 Å². The predicted molar refractivity (Wildman–Crippen MR) is 229 cm³/mol. The van der Waals surface area contributed by atoms with Gasteiger partial charge in [-0.15, -0.1) is 21.8 Å². The summed E-state index contributed by atoms with van der Waals surface area (Å²) in [5, 5.41) is 24.5. The molecule has 0 saturated carbocycles. The number of hydrogen-bond donors (Lipinski definition) is 8. The maximum absolute atomic E-state index is 12.9. The molecule has 1 aromatic heterocycles. The van der Waals surface area contributed by atoms with Crippen molar-refractivity contribution in [1.29, 1.82) is 0 Å². The van der Waals surface area contributed by atoms with E-state index in [1.165, 1.54) is 0 Å². The van der Waals surface area contributed by atoms with Gasteiger partial charge in [0, 0.05) is 24.1 Å². The summed E-state index contributed by atoms with van der Waals surface area (Å²) in [7, 11) is -28.0. The van der Waals surface area contributed by atoms with Crippen LogP contribution in [0, 0.1) is 0 Å². The third kappa shape index (κ3) is 15.3. The molecule has 4 aromatic rings. The zero-order valence-corrected chi connectivity index (χ0v) is 39.2. The van der Waals surface area contributed by atoms with Crippen molar-refractivity contribution in [3.8, 4) is 11.5 Å². The molecule has 0 saturated heterocycles. The van der Waals surface area contributed by atoms with E-state index in [1.807, 2.05) is 0 Å². The first kappa shape index (κ1) is 53.6. The zero-order chi connectivity index (χ0) is 49.6. The van der Waals surface area contributed by atoms with Gasteiger partial charge in [0.15, 0.2) is 25.4 Å². The summed E-state index contributed by atoms with van der Waals surface area (Å²) >= 11 is 11.5. The molecular weight excluding hydrogens is 1060 g/mol. The lowest BCUT2D eigenvalue weighted by Crippen LogP contribution is -2.16. The second kappa shape index (κ2) is 20.9. The molecule has 0 aliphatic rings. The summed E-state index contributed by atoms with van der Waals surface area (Å²) in [5.41, 5.74) is -2.70. The molecule has 362 valence electrons. The number of benzene rings is 3. The number of halogens is 2. The summed E-state index contributed by atoms with van der Waals surface area (Å²) in [4.78, 5) is 19.6. The van der Waals surface area contributed by atoms with Crippen molar-refractivity contribution in [1.82, 2.24) is 15.0 Å². The molecule has 0 aliphatic heterocycles. The van der Waals surface area contributed by atoms with Gasteiger partial charge < -0.3 is 25.8 Å². The van der Waals surface area contributed by atoms with E-state index in [0.717, 1.165) is 31.4 Å². The Hall–Kier alpha value is -4.98. The van der Waals surface area contributed by atoms with Crippen LogP contribution < -0.4 is 20.7 Å². The number of carbonyl (C=O) groups is 1. The van der Waals surface area contributed by atoms with Crippen LogP contribution in [0.1, 0.15) is 12.8 Å². The van der Waals surface area contributed by atoms with Crippen LogP contribution in [0.4, 0.5) is 40.3 Å². The largest absolute Gasteiger partial charge is 0.504 e. The highest BCUT2D eigenvalue weighted by molar-refractivity contribution is 7.92. The van der Waals surface area contributed by atoms with Crippen LogP contribution in [0.5, 0.6) is 11.5 Å². The lowest BCUT2D eigenvalue weighted by Gasteiger charge is -2.15. The third-order valence-electron chi connectivity index (χ3n) is 7.96. The number of aromatic nitrogens is 3. The van der Waals surface area contributed by atoms with Crippen LogP contribution >= 0.6 is 23.2 Å². The molecule has 8 N–H and O–H groups in total. The van der Waals surface area contributed by atoms with Crippen LogP contribution in [-0.2, 0) is 69.4 Å². The van der Waals surface area contributed by atoms with E-state index in [2.05, 4.69) is 45.3 Å². The quantitative estimate of drug-likeness (QED) is 0.0243. The lowest BCUT2D eigenvalue weighted by molar-refractivity contribution is -0.116. The summed E-state index contributed by atoms with van der Waals surface area (Å²) in [6.45, 7) is -1.16. The van der Waals surface area contributed by atoms with Crippen LogP contribution in [0.15, 0.2) is 72.3 Å². The van der Waals surface area contributed by atoms with Crippen molar-refractivity contribution in [3.63, 3.8) is 0 Å². The first-order valence-corrected chi connectivity index (χ1v) is 27.3. The molecule has 0 aliphatic carbocycles. The molecule has 0 spiro atoms. The van der Waals surface area contributed by atoms with Crippen LogP contribution in [0.3, 0.4) is 0 Å². The third-order valence-corrected chi connectivity index (χ3v) is 15.1. The summed E-state index contributed by atoms with van der Waals surface area (Å²) in [5.74, 6) is -5.79. The fourth-order valence-electron chi connectivity index (χ4n) is 5.12. The highest BCUT2D eigenvalue weighted by Crippen LogP contribution is 2.40. The van der Waals surface area contributed by atoms with Crippen molar-refractivity contribution < 1.29 is 87.5 Å². The SMILES string of the molecule is COc1cc(Nc2nc(Cl)nc(Nc3cc(S(=O)(=O)CCOS(=O)(=O)O)cc(S(=O)(=O)O)c3O)n2)c(S(=O)(=O)O)cc1N=Nc1cc(NC(=O)CCCS(=O)(=O)CCCl)ccc1S(=O)(=O)O. The Kier molecular flexibility index (Phi) is 17.0. The molecule has 4 rings (SSSR count). The normalized spacial score (nSPS) is 12.8. The number of phenolic OH excluding ortho intramolecular Hbond substituents is 1. The number of sulfone groups is 2. The number of alkyl halides is 1. The van der Waals surface area contributed by atoms with E-state index >= 15 is 0 Å². The van der Waals surface area contributed by atoms with Gasteiger partial charge in [-0.1, -0.05) is 0 Å². The maximum atomic E-state index is 12.9. The van der Waals surface area contributed by atoms with Gasteiger partial charge in [-0.2, -0.15) is 48.6 Å². The van der Waals surface area contributed by atoms with Crippen molar-refractivity contribution in [3.05, 3.63) is 47.7 Å². The number of methoxy groups -OCH3 is 1. The van der Waals surface area contributed by atoms with E-state index in [0.29, 0.717) is 18.2 Å². The van der Waals surface area contributed by atoms with Crippen LogP contribution in [0.25, 0.3) is 0 Å². The smallest absolute Gasteiger partial charge is 0.397 e. The Morgan fingerprint density at radius 3 is 1.86 bits per heavy atom. The lowest BCUT2D eigenvalue weighted by atomic mass is 10.2. The highest BCUT2D eigenvalue weighted by Gasteiger charge is 2.27. The molecule has 0 bridgehead atoms. The first-order chi connectivity index (χ1) is 30.3. The van der Waals surface area contributed by atoms with Crippen LogP contribution in [0.2, 0.25) is 5.28 Å². The molecular formula is C30H32Cl2N8O20S6. The molecule has 1 heterocycles. The van der Waals surface area contributed by atoms with E-state index < -0.39 is 144 Å². The number of nitrogens with zero attached hydrogens (tertiary/aromatic N) is 5. The van der Waals surface area contributed by atoms with Gasteiger partial charge in [-0.3, -0.25) is 23.0 Å². The predicted octanol–water partition coefficient (Wildman–Crippen LogP) is 2.85. The molecule has 1 amide bonds. The average molecular weight is 1090 g/mol. The van der Waals surface area contributed by atoms with Gasteiger partial charge in [0.25, 0.3) is 30.4 Å². The minimum Gasteiger partial charge on any atom is -0.504 e. The second-order valence-electron chi connectivity index (χ2n) is 12.7. The molecule has 66 heavy (non-hydrogen) atoms. The number of anilines is 5. The van der Waals surface area contributed by atoms with Crippen molar-refractivity contribution in [2.45, 2.75) is 32.4 Å². The van der Waals surface area contributed by atoms with Crippen LogP contribution in [-0.4, -0.2) is 132 Å². The number of carbonyl (C=O) groups excluding carboxylic acids is 1. The summed E-state index contributed by atoms with van der Waals surface area (Å²) in [6.07, 6.45) is -0.370. The van der Waals surface area contributed by atoms with Crippen molar-refractivity contribution in [2.75, 3.05) is 52.8 Å². The molecule has 36 heteroatoms. The molecule has 0 fully saturated rings. The minimum absolute atomic E-state index is 0.0856. The van der Waals surface area contributed by atoms with E-state index in [9.17, 15) is 74.1 Å². The molecule has 0 unspecified atom stereocenters. The Morgan fingerprint density at radius 1 is 0.712 bits per heavy atom. The Labute approximate surface area is 384 Å². The monoisotopic (exact) mass is 1090 g/mol. The summed E-state index contributed by atoms with van der Waals surface area (Å²) < 4.78 is 193. The number of ether oxygens (including phenoxy) is 1. The average Bonchev–Trinajstić information content (AvgIpc) is 3.15. The number of azo groups is 1. The molecule has 0 atom stereocenters. The van der Waals surface area contributed by atoms with Gasteiger partial charge >= 0.3 is 10.4 Å². The zero-order valence-electron chi connectivity index (χ0n) is 32.8. The number of hydrogen-bond acceptors (Lipinski definition) is 23. The Bertz CT molecular complexity index is 3270. The maximum Gasteiger partial charge on any atom is 0.397 e. The highest BCUT2D eigenvalue weighted by atomic mass is 35.5. The topological polar surface area (TPSA) is 441 Å². The van der Waals surface area contributed by atoms with E-state index in [4.69, 9.17) is 32.5 Å². The Morgan fingerprint density at radius 2 is 1.30 bits per heavy atom. The number of phenols is 1. The second-order valence-corrected chi connectivity index (χ2v) is 23.1. The van der Waals surface area contributed by atoms with Gasteiger partial charge in [0.05, 0.1) is 47.2 Å². The number of amides is 1. The minimum atomic E-state index is -5.40. The fraction of sp³-hybridized carbons (Fsp3) is 0.267. The van der Waals surface area contributed by atoms with Crippen molar-refractivity contribution >= 4 is 130 Å². The standard InChI is InChI=1S/C30H32Cl2N8O20S6/c1-59-22-14-19(34-29-36-28(32)37-30(38-29)35-21-12-17(13-25(27(21)42)65(53,54)55)62(45,46)10-7-60-66(56,57)58)24(64(50,51)52)15-18(22)39-40-20-11-16(4-5-23(20)63(47,48)49)33-26(41)3-2-8-61(43,44)9-6-31/h4-5,11-15,42H,2-3,6-10H2,1H3,(H,33,41)(H,47,48,49)(H,50,51,52)(H,53,54,55)(H,56,57,58)(H2,34,35,36,37,38).